The predicted octanol–water partition coefficient (Wildman–Crippen LogP) is 3.70. The Labute approximate surface area is 122 Å². The summed E-state index contributed by atoms with van der Waals surface area (Å²) < 4.78 is 0. The zero-order valence-electron chi connectivity index (χ0n) is 13.7. The van der Waals surface area contributed by atoms with Gasteiger partial charge in [0, 0.05) is 19.2 Å². The lowest BCUT2D eigenvalue weighted by Gasteiger charge is -2.10. The van der Waals surface area contributed by atoms with Crippen molar-refractivity contribution in [3.8, 4) is 0 Å². The van der Waals surface area contributed by atoms with Crippen LogP contribution in [0.3, 0.4) is 0 Å². The predicted molar refractivity (Wildman–Crippen MR) is 85.1 cm³/mol. The molecule has 1 aromatic rings. The summed E-state index contributed by atoms with van der Waals surface area (Å²) in [6.07, 6.45) is 1.09. The first kappa shape index (κ1) is 15.1. The van der Waals surface area contributed by atoms with Crippen LogP contribution in [0.5, 0.6) is 0 Å². The molecule has 1 aliphatic carbocycles. The maximum Gasteiger partial charge on any atom is 0.131 e. The van der Waals surface area contributed by atoms with Crippen LogP contribution in [0.2, 0.25) is 0 Å². The second-order valence-corrected chi connectivity index (χ2v) is 6.99. The third kappa shape index (κ3) is 2.74. The highest BCUT2D eigenvalue weighted by Crippen LogP contribution is 2.68. The van der Waals surface area contributed by atoms with Gasteiger partial charge in [0.1, 0.15) is 17.5 Å². The molecule has 0 saturated heterocycles. The van der Waals surface area contributed by atoms with Gasteiger partial charge in [-0.25, -0.2) is 9.97 Å². The van der Waals surface area contributed by atoms with Gasteiger partial charge in [-0.3, -0.25) is 0 Å². The van der Waals surface area contributed by atoms with Crippen LogP contribution < -0.4 is 10.6 Å². The zero-order chi connectivity index (χ0) is 15.0. The fourth-order valence-electron chi connectivity index (χ4n) is 3.05. The van der Waals surface area contributed by atoms with E-state index < -0.39 is 0 Å². The summed E-state index contributed by atoms with van der Waals surface area (Å²) in [6.45, 7) is 15.4. The van der Waals surface area contributed by atoms with Crippen molar-refractivity contribution in [1.82, 2.24) is 9.97 Å². The lowest BCUT2D eigenvalue weighted by Crippen LogP contribution is -2.11. The van der Waals surface area contributed by atoms with Crippen LogP contribution in [0, 0.1) is 23.7 Å². The number of anilines is 2. The van der Waals surface area contributed by atoms with Crippen LogP contribution >= 0.6 is 0 Å². The maximum atomic E-state index is 4.47. The average molecular weight is 276 g/mol. The quantitative estimate of drug-likeness (QED) is 0.832. The van der Waals surface area contributed by atoms with E-state index in [9.17, 15) is 0 Å². The molecule has 1 saturated carbocycles. The molecule has 0 spiro atoms. The lowest BCUT2D eigenvalue weighted by atomic mass is 10.0. The van der Waals surface area contributed by atoms with Crippen molar-refractivity contribution >= 4 is 11.6 Å². The third-order valence-electron chi connectivity index (χ3n) is 5.20. The van der Waals surface area contributed by atoms with E-state index in [1.165, 1.54) is 0 Å². The van der Waals surface area contributed by atoms with Gasteiger partial charge in [-0.2, -0.15) is 0 Å². The first-order valence-electron chi connectivity index (χ1n) is 7.62. The summed E-state index contributed by atoms with van der Waals surface area (Å²) in [5.74, 6) is 3.34. The van der Waals surface area contributed by atoms with Gasteiger partial charge in [-0.1, -0.05) is 34.6 Å². The highest BCUT2D eigenvalue weighted by molar-refractivity contribution is 5.47. The van der Waals surface area contributed by atoms with Crippen LogP contribution in [-0.4, -0.2) is 23.1 Å². The molecule has 0 radical (unpaired) electrons. The fraction of sp³-hybridized carbons (Fsp3) is 0.750. The molecular weight excluding hydrogens is 248 g/mol. The van der Waals surface area contributed by atoms with Gasteiger partial charge >= 0.3 is 0 Å². The number of nitrogens with zero attached hydrogens (tertiary/aromatic N) is 2. The molecule has 2 rings (SSSR count). The van der Waals surface area contributed by atoms with Gasteiger partial charge in [0.2, 0.25) is 0 Å². The first-order valence-corrected chi connectivity index (χ1v) is 7.62. The number of hydrogen-bond donors (Lipinski definition) is 2. The Bertz CT molecular complexity index is 465. The molecule has 4 heteroatoms. The van der Waals surface area contributed by atoms with Crippen LogP contribution in [0.15, 0.2) is 6.07 Å². The highest BCUT2D eigenvalue weighted by atomic mass is 15.1. The number of hydrogen-bond acceptors (Lipinski definition) is 4. The van der Waals surface area contributed by atoms with Gasteiger partial charge in [0.25, 0.3) is 0 Å². The molecule has 112 valence electrons. The third-order valence-corrected chi connectivity index (χ3v) is 5.20. The normalized spacial score (nSPS) is 19.7. The number of aryl methyl sites for hydroxylation is 1. The molecule has 0 aliphatic heterocycles. The summed E-state index contributed by atoms with van der Waals surface area (Å²) in [7, 11) is 0. The maximum absolute atomic E-state index is 4.47. The first-order chi connectivity index (χ1) is 9.29. The van der Waals surface area contributed by atoms with Crippen molar-refractivity contribution in [3.63, 3.8) is 0 Å². The van der Waals surface area contributed by atoms with E-state index in [-0.39, 0.29) is 0 Å². The van der Waals surface area contributed by atoms with E-state index in [0.717, 1.165) is 37.0 Å². The topological polar surface area (TPSA) is 49.8 Å². The Hall–Kier alpha value is -1.32. The monoisotopic (exact) mass is 276 g/mol. The molecule has 1 heterocycles. The van der Waals surface area contributed by atoms with E-state index in [1.807, 2.05) is 13.0 Å². The van der Waals surface area contributed by atoms with Crippen LogP contribution in [0.25, 0.3) is 0 Å². The Morgan fingerprint density at radius 3 is 2.10 bits per heavy atom. The smallest absolute Gasteiger partial charge is 0.131 e. The molecule has 1 aliphatic rings. The van der Waals surface area contributed by atoms with Crippen molar-refractivity contribution in [2.45, 2.75) is 48.0 Å². The highest BCUT2D eigenvalue weighted by Gasteiger charge is 2.64. The van der Waals surface area contributed by atoms with Gasteiger partial charge in [0.15, 0.2) is 0 Å². The fourth-order valence-corrected chi connectivity index (χ4v) is 3.05. The summed E-state index contributed by atoms with van der Waals surface area (Å²) >= 11 is 0. The molecule has 20 heavy (non-hydrogen) atoms. The van der Waals surface area contributed by atoms with Crippen LogP contribution in [0.4, 0.5) is 11.6 Å². The number of rotatable bonds is 6. The Balaban J connectivity index is 1.98. The summed E-state index contributed by atoms with van der Waals surface area (Å²) in [5, 5.41) is 6.80. The minimum atomic E-state index is 0.408. The van der Waals surface area contributed by atoms with Crippen LogP contribution in [0.1, 0.15) is 46.9 Å². The van der Waals surface area contributed by atoms with E-state index in [1.54, 1.807) is 0 Å². The molecule has 0 unspecified atom stereocenters. The molecule has 0 atom stereocenters. The van der Waals surface area contributed by atoms with E-state index in [0.29, 0.717) is 16.7 Å². The van der Waals surface area contributed by atoms with Gasteiger partial charge in [-0.15, -0.1) is 0 Å². The molecule has 1 aromatic heterocycles. The zero-order valence-corrected chi connectivity index (χ0v) is 13.7. The van der Waals surface area contributed by atoms with Crippen molar-refractivity contribution < 1.29 is 0 Å². The van der Waals surface area contributed by atoms with E-state index in [4.69, 9.17) is 0 Å². The SMILES string of the molecule is CCCNc1cc(NCC2C(C)(C)C2(C)C)nc(C)n1. The summed E-state index contributed by atoms with van der Waals surface area (Å²) in [5.41, 5.74) is 0.816. The van der Waals surface area contributed by atoms with Gasteiger partial charge in [0.05, 0.1) is 0 Å². The van der Waals surface area contributed by atoms with Gasteiger partial charge < -0.3 is 10.6 Å². The Kier molecular flexibility index (Phi) is 3.94. The van der Waals surface area contributed by atoms with E-state index >= 15 is 0 Å². The summed E-state index contributed by atoms with van der Waals surface area (Å²) in [6, 6.07) is 2.00. The van der Waals surface area contributed by atoms with Crippen molar-refractivity contribution in [3.05, 3.63) is 11.9 Å². The van der Waals surface area contributed by atoms with E-state index in [2.05, 4.69) is 55.2 Å². The Morgan fingerprint density at radius 1 is 1.05 bits per heavy atom. The molecule has 1 fully saturated rings. The average Bonchev–Trinajstić information content (AvgIpc) is 2.74. The lowest BCUT2D eigenvalue weighted by molar-refractivity contribution is 0.457. The van der Waals surface area contributed by atoms with Crippen molar-refractivity contribution in [2.75, 3.05) is 23.7 Å². The number of aromatic nitrogens is 2. The number of nitrogens with one attached hydrogen (secondary N) is 2. The van der Waals surface area contributed by atoms with Crippen LogP contribution in [-0.2, 0) is 0 Å². The standard InChI is InChI=1S/C16H28N4/c1-7-8-17-13-9-14(20-11(2)19-13)18-10-12-15(3,4)16(12,5)6/h9,12H,7-8,10H2,1-6H3,(H2,17,18,19,20). The van der Waals surface area contributed by atoms with Crippen molar-refractivity contribution in [2.24, 2.45) is 16.7 Å². The largest absolute Gasteiger partial charge is 0.370 e. The van der Waals surface area contributed by atoms with Crippen molar-refractivity contribution in [1.29, 1.82) is 0 Å². The molecule has 0 bridgehead atoms. The minimum Gasteiger partial charge on any atom is -0.370 e. The Morgan fingerprint density at radius 2 is 1.60 bits per heavy atom. The molecule has 4 nitrogen and oxygen atoms in total. The minimum absolute atomic E-state index is 0.408. The molecule has 0 aromatic carbocycles. The molecule has 2 N–H and O–H groups in total. The summed E-state index contributed by atoms with van der Waals surface area (Å²) in [4.78, 5) is 8.88. The molecular formula is C16H28N4. The second-order valence-electron chi connectivity index (χ2n) is 6.99. The molecule has 0 amide bonds. The van der Waals surface area contributed by atoms with Gasteiger partial charge in [-0.05, 0) is 30.1 Å². The second kappa shape index (κ2) is 5.23.